The van der Waals surface area contributed by atoms with E-state index < -0.39 is 11.6 Å². The number of hydrogen-bond donors (Lipinski definition) is 1. The Bertz CT molecular complexity index is 424. The standard InChI is InChI=1S/C16H23F2NO/c1-3-9-19-15(16(2)8-5-10-20-16)11-12-13(17)6-4-7-14(12)18/h4,6-7,15,19H,3,5,8-11H2,1-2H3. The van der Waals surface area contributed by atoms with Crippen LogP contribution in [0.3, 0.4) is 0 Å². The molecule has 1 aliphatic heterocycles. The average molecular weight is 283 g/mol. The Morgan fingerprint density at radius 2 is 2.05 bits per heavy atom. The highest BCUT2D eigenvalue weighted by atomic mass is 19.1. The van der Waals surface area contributed by atoms with Gasteiger partial charge in [0.2, 0.25) is 0 Å². The summed E-state index contributed by atoms with van der Waals surface area (Å²) in [6.07, 6.45) is 3.21. The summed E-state index contributed by atoms with van der Waals surface area (Å²) in [4.78, 5) is 0. The largest absolute Gasteiger partial charge is 0.374 e. The van der Waals surface area contributed by atoms with Crippen LogP contribution in [0.2, 0.25) is 0 Å². The third kappa shape index (κ3) is 3.36. The maximum Gasteiger partial charge on any atom is 0.129 e. The van der Waals surface area contributed by atoms with E-state index in [9.17, 15) is 8.78 Å². The van der Waals surface area contributed by atoms with Gasteiger partial charge in [0.25, 0.3) is 0 Å². The van der Waals surface area contributed by atoms with E-state index in [-0.39, 0.29) is 17.2 Å². The lowest BCUT2D eigenvalue weighted by molar-refractivity contribution is -0.0117. The van der Waals surface area contributed by atoms with Gasteiger partial charge in [-0.05, 0) is 51.3 Å². The lowest BCUT2D eigenvalue weighted by atomic mass is 9.88. The van der Waals surface area contributed by atoms with Crippen molar-refractivity contribution in [2.45, 2.75) is 51.2 Å². The highest BCUT2D eigenvalue weighted by Crippen LogP contribution is 2.31. The van der Waals surface area contributed by atoms with Crippen molar-refractivity contribution in [1.29, 1.82) is 0 Å². The van der Waals surface area contributed by atoms with Crippen molar-refractivity contribution in [3.05, 3.63) is 35.4 Å². The quantitative estimate of drug-likeness (QED) is 0.863. The molecule has 1 saturated heterocycles. The maximum absolute atomic E-state index is 13.8. The summed E-state index contributed by atoms with van der Waals surface area (Å²) in [5.41, 5.74) is -0.193. The van der Waals surface area contributed by atoms with Gasteiger partial charge in [0.15, 0.2) is 0 Å². The van der Waals surface area contributed by atoms with Crippen LogP contribution < -0.4 is 5.32 Å². The van der Waals surface area contributed by atoms with Gasteiger partial charge in [0.05, 0.1) is 5.60 Å². The molecule has 0 aliphatic carbocycles. The van der Waals surface area contributed by atoms with E-state index in [1.807, 2.05) is 6.92 Å². The molecular weight excluding hydrogens is 260 g/mol. The van der Waals surface area contributed by atoms with E-state index in [1.165, 1.54) is 18.2 Å². The molecule has 0 aromatic heterocycles. The molecule has 1 fully saturated rings. The molecule has 0 spiro atoms. The summed E-state index contributed by atoms with van der Waals surface area (Å²) in [7, 11) is 0. The van der Waals surface area contributed by atoms with Crippen molar-refractivity contribution in [3.8, 4) is 0 Å². The molecule has 112 valence electrons. The van der Waals surface area contributed by atoms with Crippen LogP contribution in [0.4, 0.5) is 8.78 Å². The molecule has 2 unspecified atom stereocenters. The second kappa shape index (κ2) is 6.64. The molecule has 2 atom stereocenters. The molecule has 1 aromatic carbocycles. The first-order valence-electron chi connectivity index (χ1n) is 7.37. The fraction of sp³-hybridized carbons (Fsp3) is 0.625. The molecule has 1 aliphatic rings. The van der Waals surface area contributed by atoms with Crippen LogP contribution in [-0.4, -0.2) is 24.8 Å². The van der Waals surface area contributed by atoms with Crippen molar-refractivity contribution in [2.24, 2.45) is 0 Å². The molecule has 0 radical (unpaired) electrons. The monoisotopic (exact) mass is 283 g/mol. The molecule has 20 heavy (non-hydrogen) atoms. The Morgan fingerprint density at radius 3 is 2.60 bits per heavy atom. The number of ether oxygens (including phenoxy) is 1. The van der Waals surface area contributed by atoms with E-state index in [1.54, 1.807) is 0 Å². The number of benzene rings is 1. The summed E-state index contributed by atoms with van der Waals surface area (Å²) in [6, 6.07) is 3.95. The summed E-state index contributed by atoms with van der Waals surface area (Å²) in [5.74, 6) is -0.954. The first-order chi connectivity index (χ1) is 9.57. The minimum absolute atomic E-state index is 0.0728. The van der Waals surface area contributed by atoms with Gasteiger partial charge in [-0.2, -0.15) is 0 Å². The van der Waals surface area contributed by atoms with Gasteiger partial charge >= 0.3 is 0 Å². The van der Waals surface area contributed by atoms with Gasteiger partial charge in [-0.3, -0.25) is 0 Å². The lowest BCUT2D eigenvalue weighted by Gasteiger charge is -2.34. The summed E-state index contributed by atoms with van der Waals surface area (Å²) in [6.45, 7) is 5.65. The minimum atomic E-state index is -0.477. The molecule has 0 amide bonds. The van der Waals surface area contributed by atoms with Crippen molar-refractivity contribution < 1.29 is 13.5 Å². The Morgan fingerprint density at radius 1 is 1.35 bits per heavy atom. The summed E-state index contributed by atoms with van der Waals surface area (Å²) < 4.78 is 33.5. The number of rotatable bonds is 6. The summed E-state index contributed by atoms with van der Waals surface area (Å²) >= 11 is 0. The van der Waals surface area contributed by atoms with E-state index in [0.717, 1.165) is 32.4 Å². The van der Waals surface area contributed by atoms with Gasteiger partial charge in [0.1, 0.15) is 11.6 Å². The Kier molecular flexibility index (Phi) is 5.11. The lowest BCUT2D eigenvalue weighted by Crippen LogP contribution is -2.50. The molecule has 0 bridgehead atoms. The number of halogens is 2. The van der Waals surface area contributed by atoms with Crippen molar-refractivity contribution in [2.75, 3.05) is 13.2 Å². The zero-order valence-corrected chi connectivity index (χ0v) is 12.2. The fourth-order valence-corrected chi connectivity index (χ4v) is 2.83. The minimum Gasteiger partial charge on any atom is -0.374 e. The normalized spacial score (nSPS) is 24.0. The second-order valence-corrected chi connectivity index (χ2v) is 5.68. The van der Waals surface area contributed by atoms with Crippen molar-refractivity contribution in [3.63, 3.8) is 0 Å². The van der Waals surface area contributed by atoms with Gasteiger partial charge in [0, 0.05) is 18.2 Å². The first kappa shape index (κ1) is 15.4. The average Bonchev–Trinajstić information content (AvgIpc) is 2.85. The highest BCUT2D eigenvalue weighted by molar-refractivity contribution is 5.21. The van der Waals surface area contributed by atoms with Gasteiger partial charge in [-0.25, -0.2) is 8.78 Å². The zero-order valence-electron chi connectivity index (χ0n) is 12.2. The molecular formula is C16H23F2NO. The molecule has 2 rings (SSSR count). The van der Waals surface area contributed by atoms with Gasteiger partial charge in [-0.1, -0.05) is 13.0 Å². The molecule has 2 nitrogen and oxygen atoms in total. The molecule has 1 N–H and O–H groups in total. The Balaban J connectivity index is 2.19. The van der Waals surface area contributed by atoms with Crippen LogP contribution in [0.5, 0.6) is 0 Å². The van der Waals surface area contributed by atoms with E-state index in [4.69, 9.17) is 4.74 Å². The van der Waals surface area contributed by atoms with Gasteiger partial charge < -0.3 is 10.1 Å². The van der Waals surface area contributed by atoms with Crippen LogP contribution in [0.15, 0.2) is 18.2 Å². The number of nitrogens with one attached hydrogen (secondary N) is 1. The third-order valence-corrected chi connectivity index (χ3v) is 4.10. The maximum atomic E-state index is 13.8. The van der Waals surface area contributed by atoms with Crippen LogP contribution in [-0.2, 0) is 11.2 Å². The molecule has 4 heteroatoms. The van der Waals surface area contributed by atoms with Crippen molar-refractivity contribution in [1.82, 2.24) is 5.32 Å². The van der Waals surface area contributed by atoms with Crippen LogP contribution in [0.1, 0.15) is 38.7 Å². The SMILES string of the molecule is CCCNC(Cc1c(F)cccc1F)C1(C)CCCO1. The van der Waals surface area contributed by atoms with Crippen LogP contribution in [0.25, 0.3) is 0 Å². The first-order valence-corrected chi connectivity index (χ1v) is 7.37. The van der Waals surface area contributed by atoms with E-state index >= 15 is 0 Å². The highest BCUT2D eigenvalue weighted by Gasteiger charge is 2.38. The zero-order chi connectivity index (χ0) is 14.6. The van der Waals surface area contributed by atoms with Crippen molar-refractivity contribution >= 4 is 0 Å². The predicted molar refractivity (Wildman–Crippen MR) is 75.7 cm³/mol. The molecule has 1 aromatic rings. The predicted octanol–water partition coefficient (Wildman–Crippen LogP) is 3.44. The van der Waals surface area contributed by atoms with E-state index in [0.29, 0.717) is 6.42 Å². The third-order valence-electron chi connectivity index (χ3n) is 4.10. The number of hydrogen-bond acceptors (Lipinski definition) is 2. The second-order valence-electron chi connectivity index (χ2n) is 5.68. The molecule has 1 heterocycles. The van der Waals surface area contributed by atoms with Crippen LogP contribution in [0, 0.1) is 11.6 Å². The molecule has 0 saturated carbocycles. The summed E-state index contributed by atoms with van der Waals surface area (Å²) in [5, 5.41) is 3.40. The Hall–Kier alpha value is -1.00. The smallest absolute Gasteiger partial charge is 0.129 e. The van der Waals surface area contributed by atoms with Crippen LogP contribution >= 0.6 is 0 Å². The van der Waals surface area contributed by atoms with E-state index in [2.05, 4.69) is 12.2 Å². The topological polar surface area (TPSA) is 21.3 Å². The fourth-order valence-electron chi connectivity index (χ4n) is 2.83. The Labute approximate surface area is 119 Å². The van der Waals surface area contributed by atoms with Gasteiger partial charge in [-0.15, -0.1) is 0 Å².